The highest BCUT2D eigenvalue weighted by atomic mass is 19.4. The third-order valence-electron chi connectivity index (χ3n) is 6.21. The van der Waals surface area contributed by atoms with Crippen LogP contribution in [0.2, 0.25) is 0 Å². The lowest BCUT2D eigenvalue weighted by Gasteiger charge is -2.38. The van der Waals surface area contributed by atoms with Crippen molar-refractivity contribution >= 4 is 34.1 Å². The van der Waals surface area contributed by atoms with Gasteiger partial charge in [-0.1, -0.05) is 48.5 Å². The molecule has 4 rings (SSSR count). The Balaban J connectivity index is 1.95. The zero-order valence-electron chi connectivity index (χ0n) is 20.5. The molecule has 0 amide bonds. The second-order valence-corrected chi connectivity index (χ2v) is 8.71. The number of nitro benzene ring substituents is 2. The number of benzene rings is 4. The molecule has 0 unspecified atom stereocenters. The van der Waals surface area contributed by atoms with Crippen molar-refractivity contribution in [3.63, 3.8) is 0 Å². The number of nitrogens with one attached hydrogen (secondary N) is 2. The van der Waals surface area contributed by atoms with Gasteiger partial charge in [-0.3, -0.25) is 20.2 Å². The summed E-state index contributed by atoms with van der Waals surface area (Å²) in [6.45, 7) is 0. The standard InChI is InChI=1S/C27H18F6N4O4/c28-26(29,30)25(27(31,32)33,17-11-13-21(23(15-17)36(38)39)34-19-7-3-1-4-8-19)18-12-14-22(24(16-18)37(40)41)35-20-9-5-2-6-10-20/h1-16,34-35H. The highest BCUT2D eigenvalue weighted by Crippen LogP contribution is 2.57. The molecular weight excluding hydrogens is 558 g/mol. The molecule has 0 fully saturated rings. The summed E-state index contributed by atoms with van der Waals surface area (Å²) in [5, 5.41) is 28.8. The van der Waals surface area contributed by atoms with Crippen molar-refractivity contribution in [2.75, 3.05) is 10.6 Å². The largest absolute Gasteiger partial charge is 0.411 e. The van der Waals surface area contributed by atoms with Crippen molar-refractivity contribution in [1.29, 1.82) is 0 Å². The minimum Gasteiger partial charge on any atom is -0.350 e. The Morgan fingerprint density at radius 2 is 0.878 bits per heavy atom. The van der Waals surface area contributed by atoms with E-state index in [1.54, 1.807) is 36.4 Å². The summed E-state index contributed by atoms with van der Waals surface area (Å²) in [6.07, 6.45) is -12.3. The van der Waals surface area contributed by atoms with E-state index in [4.69, 9.17) is 0 Å². The van der Waals surface area contributed by atoms with Gasteiger partial charge >= 0.3 is 12.4 Å². The maximum Gasteiger partial charge on any atom is 0.411 e. The Hall–Kier alpha value is -5.14. The summed E-state index contributed by atoms with van der Waals surface area (Å²) in [6, 6.07) is 18.2. The average Bonchev–Trinajstić information content (AvgIpc) is 2.90. The Morgan fingerprint density at radius 3 is 1.17 bits per heavy atom. The van der Waals surface area contributed by atoms with Crippen LogP contribution in [-0.2, 0) is 5.41 Å². The number of halogens is 6. The number of para-hydroxylation sites is 2. The topological polar surface area (TPSA) is 110 Å². The summed E-state index contributed by atoms with van der Waals surface area (Å²) in [5.74, 6) is 0. The predicted octanol–water partition coefficient (Wildman–Crippen LogP) is 8.40. The zero-order chi connectivity index (χ0) is 30.0. The molecule has 212 valence electrons. The molecule has 4 aromatic rings. The van der Waals surface area contributed by atoms with Crippen LogP contribution in [0.25, 0.3) is 0 Å². The van der Waals surface area contributed by atoms with Gasteiger partial charge in [0.25, 0.3) is 11.4 Å². The van der Waals surface area contributed by atoms with Gasteiger partial charge < -0.3 is 10.6 Å². The Kier molecular flexibility index (Phi) is 7.59. The van der Waals surface area contributed by atoms with Gasteiger partial charge in [0.1, 0.15) is 11.4 Å². The van der Waals surface area contributed by atoms with E-state index in [1.165, 1.54) is 24.3 Å². The van der Waals surface area contributed by atoms with Crippen molar-refractivity contribution in [2.45, 2.75) is 17.8 Å². The van der Waals surface area contributed by atoms with Crippen LogP contribution in [0.1, 0.15) is 11.1 Å². The SMILES string of the molecule is O=[N+]([O-])c1cc(C(c2ccc(Nc3ccccc3)c([N+](=O)[O-])c2)(C(F)(F)F)C(F)(F)F)ccc1Nc1ccccc1. The van der Waals surface area contributed by atoms with E-state index in [-0.39, 0.29) is 23.5 Å². The highest BCUT2D eigenvalue weighted by molar-refractivity contribution is 5.73. The molecule has 0 saturated heterocycles. The van der Waals surface area contributed by atoms with Crippen molar-refractivity contribution < 1.29 is 36.2 Å². The molecule has 2 N–H and O–H groups in total. The second-order valence-electron chi connectivity index (χ2n) is 8.71. The van der Waals surface area contributed by atoms with Crippen molar-refractivity contribution in [1.82, 2.24) is 0 Å². The quantitative estimate of drug-likeness (QED) is 0.124. The van der Waals surface area contributed by atoms with Crippen molar-refractivity contribution in [2.24, 2.45) is 0 Å². The van der Waals surface area contributed by atoms with E-state index in [0.717, 1.165) is 12.1 Å². The monoisotopic (exact) mass is 576 g/mol. The molecule has 0 aliphatic rings. The number of alkyl halides is 6. The number of hydrogen-bond acceptors (Lipinski definition) is 6. The third kappa shape index (κ3) is 5.48. The maximum atomic E-state index is 14.7. The Morgan fingerprint density at radius 1 is 0.537 bits per heavy atom. The summed E-state index contributed by atoms with van der Waals surface area (Å²) in [5.41, 5.74) is -10.2. The van der Waals surface area contributed by atoms with Crippen LogP contribution in [0.15, 0.2) is 97.1 Å². The molecule has 4 aromatic carbocycles. The second kappa shape index (κ2) is 10.8. The van der Waals surface area contributed by atoms with E-state index in [9.17, 15) is 46.6 Å². The normalized spacial score (nSPS) is 12.0. The van der Waals surface area contributed by atoms with E-state index in [2.05, 4.69) is 10.6 Å². The highest BCUT2D eigenvalue weighted by Gasteiger charge is 2.73. The van der Waals surface area contributed by atoms with Crippen LogP contribution in [0.5, 0.6) is 0 Å². The molecule has 0 radical (unpaired) electrons. The molecule has 8 nitrogen and oxygen atoms in total. The van der Waals surface area contributed by atoms with Crippen LogP contribution in [-0.4, -0.2) is 22.2 Å². The van der Waals surface area contributed by atoms with Crippen LogP contribution >= 0.6 is 0 Å². The summed E-state index contributed by atoms with van der Waals surface area (Å²) in [4.78, 5) is 21.3. The predicted molar refractivity (Wildman–Crippen MR) is 139 cm³/mol. The van der Waals surface area contributed by atoms with Crippen molar-refractivity contribution in [3.8, 4) is 0 Å². The summed E-state index contributed by atoms with van der Waals surface area (Å²) < 4.78 is 88.3. The minimum absolute atomic E-state index is 0.175. The molecule has 0 atom stereocenters. The van der Waals surface area contributed by atoms with Gasteiger partial charge in [-0.25, -0.2) is 0 Å². The van der Waals surface area contributed by atoms with Gasteiger partial charge in [0, 0.05) is 23.5 Å². The summed E-state index contributed by atoms with van der Waals surface area (Å²) >= 11 is 0. The van der Waals surface area contributed by atoms with Crippen molar-refractivity contribution in [3.05, 3.63) is 128 Å². The molecule has 0 saturated carbocycles. The first-order valence-electron chi connectivity index (χ1n) is 11.6. The molecule has 0 aliphatic heterocycles. The van der Waals surface area contributed by atoms with Gasteiger partial charge in [-0.05, 0) is 47.5 Å². The number of nitrogens with zero attached hydrogens (tertiary/aromatic N) is 2. The molecule has 0 aromatic heterocycles. The van der Waals surface area contributed by atoms with Crippen LogP contribution in [0.4, 0.5) is 60.5 Å². The molecule has 41 heavy (non-hydrogen) atoms. The minimum atomic E-state index is -6.13. The Labute approximate surface area is 227 Å². The fourth-order valence-corrected chi connectivity index (χ4v) is 4.38. The van der Waals surface area contributed by atoms with Crippen LogP contribution < -0.4 is 10.6 Å². The molecule has 0 spiro atoms. The zero-order valence-corrected chi connectivity index (χ0v) is 20.5. The smallest absolute Gasteiger partial charge is 0.350 e. The molecular formula is C27H18F6N4O4. The van der Waals surface area contributed by atoms with E-state index >= 15 is 0 Å². The van der Waals surface area contributed by atoms with Gasteiger partial charge in [-0.2, -0.15) is 26.3 Å². The lowest BCUT2D eigenvalue weighted by atomic mass is 9.72. The van der Waals surface area contributed by atoms with Gasteiger partial charge in [0.05, 0.1) is 9.85 Å². The Bertz CT molecular complexity index is 1460. The van der Waals surface area contributed by atoms with E-state index in [1.807, 2.05) is 0 Å². The molecule has 0 bridgehead atoms. The lowest BCUT2D eigenvalue weighted by Crippen LogP contribution is -2.54. The molecule has 0 aliphatic carbocycles. The van der Waals surface area contributed by atoms with E-state index < -0.39 is 50.1 Å². The summed E-state index contributed by atoms with van der Waals surface area (Å²) in [7, 11) is 0. The van der Waals surface area contributed by atoms with Crippen LogP contribution in [0.3, 0.4) is 0 Å². The average molecular weight is 576 g/mol. The maximum absolute atomic E-state index is 14.7. The van der Waals surface area contributed by atoms with Gasteiger partial charge in [0.2, 0.25) is 5.41 Å². The van der Waals surface area contributed by atoms with Gasteiger partial charge in [-0.15, -0.1) is 0 Å². The van der Waals surface area contributed by atoms with Crippen LogP contribution in [0, 0.1) is 20.2 Å². The fraction of sp³-hybridized carbons (Fsp3) is 0.111. The van der Waals surface area contributed by atoms with Gasteiger partial charge in [0.15, 0.2) is 0 Å². The molecule has 14 heteroatoms. The number of hydrogen-bond donors (Lipinski definition) is 2. The number of nitro groups is 2. The third-order valence-corrected chi connectivity index (χ3v) is 6.21. The first-order chi connectivity index (χ1) is 19.3. The number of rotatable bonds is 8. The first kappa shape index (κ1) is 28.9. The number of anilines is 4. The first-order valence-corrected chi connectivity index (χ1v) is 11.6. The molecule has 0 heterocycles. The fourth-order valence-electron chi connectivity index (χ4n) is 4.38. The lowest BCUT2D eigenvalue weighted by molar-refractivity contribution is -0.384. The van der Waals surface area contributed by atoms with E-state index in [0.29, 0.717) is 23.5 Å².